The van der Waals surface area contributed by atoms with Gasteiger partial charge >= 0.3 is 102 Å². The van der Waals surface area contributed by atoms with Crippen LogP contribution in [0.3, 0.4) is 0 Å². The Balaban J connectivity index is 2.99. The summed E-state index contributed by atoms with van der Waals surface area (Å²) in [6, 6.07) is 0. The number of unbranched alkanes of at least 4 members (excludes halogenated alkanes) is 9. The van der Waals surface area contributed by atoms with E-state index in [-0.39, 0.29) is 6.16 Å². The topological polar surface area (TPSA) is 69.9 Å². The van der Waals surface area contributed by atoms with Crippen LogP contribution in [0.25, 0.3) is 0 Å². The van der Waals surface area contributed by atoms with Gasteiger partial charge in [-0.15, -0.1) is 0 Å². The molecule has 4 nitrogen and oxygen atoms in total. The third kappa shape index (κ3) is 18.6. The Morgan fingerprint density at radius 3 is 1.80 bits per heavy atom. The first-order valence-corrected chi connectivity index (χ1v) is 10.9. The van der Waals surface area contributed by atoms with Crippen molar-refractivity contribution in [1.29, 1.82) is 0 Å². The van der Waals surface area contributed by atoms with E-state index in [1.165, 1.54) is 69.8 Å². The molecular weight excluding hydrogens is 295 g/mol. The van der Waals surface area contributed by atoms with Gasteiger partial charge in [0.1, 0.15) is 0 Å². The van der Waals surface area contributed by atoms with Crippen LogP contribution in [0.2, 0.25) is 0 Å². The monoisotopic (exact) mass is 328 g/mol. The van der Waals surface area contributed by atoms with Crippen LogP contribution in [-0.2, 0) is 4.18 Å². The molecule has 0 aliphatic heterocycles. The van der Waals surface area contributed by atoms with Crippen LogP contribution in [0.4, 0.5) is 0 Å². The molecule has 0 atom stereocenters. The second-order valence-corrected chi connectivity index (χ2v) is 8.28. The molecule has 20 heavy (non-hydrogen) atoms. The van der Waals surface area contributed by atoms with E-state index in [4.69, 9.17) is 18.9 Å². The fourth-order valence-electron chi connectivity index (χ4n) is 1.94. The van der Waals surface area contributed by atoms with Crippen LogP contribution in [0.15, 0.2) is 0 Å². The molecule has 0 aromatic rings. The van der Waals surface area contributed by atoms with E-state index < -0.39 is 7.94 Å². The molecule has 0 aliphatic carbocycles. The third-order valence-electron chi connectivity index (χ3n) is 3.19. The maximum absolute atomic E-state index is 8.79. The Labute approximate surface area is 129 Å². The molecule has 0 rings (SSSR count). The summed E-state index contributed by atoms with van der Waals surface area (Å²) in [5.41, 5.74) is 0. The zero-order chi connectivity index (χ0) is 15.1. The summed E-state index contributed by atoms with van der Waals surface area (Å²) in [5.74, 6) is 0.438. The standard InChI is InChI=1S/C14H33O4PS/c1-2-3-4-5-6-7-8-9-10-11-12-18-20-14-13-19(15,16)17/h15-17,19H,2-14H2,1H3. The summed E-state index contributed by atoms with van der Waals surface area (Å²) < 4.78 is 5.31. The molecule has 0 saturated heterocycles. The van der Waals surface area contributed by atoms with Gasteiger partial charge in [0.15, 0.2) is 0 Å². The zero-order valence-electron chi connectivity index (χ0n) is 12.9. The van der Waals surface area contributed by atoms with Gasteiger partial charge in [-0.2, -0.15) is 0 Å². The second-order valence-electron chi connectivity index (χ2n) is 5.35. The Morgan fingerprint density at radius 2 is 1.30 bits per heavy atom. The first-order chi connectivity index (χ1) is 9.56. The van der Waals surface area contributed by atoms with Gasteiger partial charge in [0.05, 0.1) is 0 Å². The van der Waals surface area contributed by atoms with Crippen molar-refractivity contribution < 1.29 is 18.9 Å². The van der Waals surface area contributed by atoms with Crippen LogP contribution in [0.1, 0.15) is 71.1 Å². The molecule has 6 heteroatoms. The van der Waals surface area contributed by atoms with Crippen LogP contribution in [-0.4, -0.2) is 33.2 Å². The van der Waals surface area contributed by atoms with Crippen molar-refractivity contribution in [2.45, 2.75) is 71.1 Å². The van der Waals surface area contributed by atoms with Crippen LogP contribution < -0.4 is 0 Å². The van der Waals surface area contributed by atoms with E-state index in [9.17, 15) is 0 Å². The van der Waals surface area contributed by atoms with Gasteiger partial charge in [-0.1, -0.05) is 26.2 Å². The normalized spacial score (nSPS) is 12.8. The van der Waals surface area contributed by atoms with Crippen molar-refractivity contribution in [3.8, 4) is 0 Å². The molecule has 0 aliphatic rings. The van der Waals surface area contributed by atoms with E-state index in [1.807, 2.05) is 0 Å². The SMILES string of the molecule is CCCCCCCCCCCCOSCC[PH](O)(O)O. The van der Waals surface area contributed by atoms with Gasteiger partial charge in [0.2, 0.25) is 0 Å². The zero-order valence-corrected chi connectivity index (χ0v) is 14.7. The summed E-state index contributed by atoms with van der Waals surface area (Å²) in [7, 11) is -3.86. The van der Waals surface area contributed by atoms with Crippen molar-refractivity contribution in [1.82, 2.24) is 0 Å². The molecule has 0 fully saturated rings. The minimum atomic E-state index is -3.86. The number of hydrogen-bond donors (Lipinski definition) is 3. The van der Waals surface area contributed by atoms with Crippen molar-refractivity contribution >= 4 is 20.0 Å². The van der Waals surface area contributed by atoms with Gasteiger partial charge in [-0.25, -0.2) is 0 Å². The second kappa shape index (κ2) is 14.6. The molecule has 124 valence electrons. The minimum absolute atomic E-state index is 0.0374. The molecule has 0 amide bonds. The van der Waals surface area contributed by atoms with E-state index in [0.29, 0.717) is 12.4 Å². The molecular formula is C14H33O4PS. The van der Waals surface area contributed by atoms with Gasteiger partial charge in [0.25, 0.3) is 0 Å². The average molecular weight is 328 g/mol. The van der Waals surface area contributed by atoms with Gasteiger partial charge in [0, 0.05) is 0 Å². The first-order valence-electron chi connectivity index (χ1n) is 7.98. The van der Waals surface area contributed by atoms with Crippen molar-refractivity contribution in [3.63, 3.8) is 0 Å². The van der Waals surface area contributed by atoms with E-state index in [1.54, 1.807) is 0 Å². The Morgan fingerprint density at radius 1 is 0.800 bits per heavy atom. The van der Waals surface area contributed by atoms with E-state index >= 15 is 0 Å². The Hall–Kier alpha value is 0.620. The first kappa shape index (κ1) is 20.6. The maximum atomic E-state index is 8.79. The fourth-order valence-corrected chi connectivity index (χ4v) is 3.73. The van der Waals surface area contributed by atoms with E-state index in [2.05, 4.69) is 6.92 Å². The Kier molecular flexibility index (Phi) is 15.0. The molecule has 3 N–H and O–H groups in total. The van der Waals surface area contributed by atoms with Gasteiger partial charge in [-0.05, 0) is 0 Å². The molecule has 0 unspecified atom stereocenters. The molecule has 0 aromatic heterocycles. The molecule has 0 spiro atoms. The molecule has 0 radical (unpaired) electrons. The summed E-state index contributed by atoms with van der Waals surface area (Å²) in [6.45, 7) is 2.95. The summed E-state index contributed by atoms with van der Waals surface area (Å²) in [6.07, 6.45) is 13.1. The number of hydrogen-bond acceptors (Lipinski definition) is 5. The van der Waals surface area contributed by atoms with Crippen LogP contribution in [0, 0.1) is 0 Å². The predicted molar refractivity (Wildman–Crippen MR) is 90.1 cm³/mol. The summed E-state index contributed by atoms with van der Waals surface area (Å²) in [4.78, 5) is 26.4. The molecule has 0 aromatic carbocycles. The predicted octanol–water partition coefficient (Wildman–Crippen LogP) is 4.04. The van der Waals surface area contributed by atoms with Gasteiger partial charge < -0.3 is 0 Å². The molecule has 0 bridgehead atoms. The summed E-state index contributed by atoms with van der Waals surface area (Å²) in [5, 5.41) is 0. The van der Waals surface area contributed by atoms with Crippen LogP contribution >= 0.6 is 20.0 Å². The molecule has 0 saturated carbocycles. The quantitative estimate of drug-likeness (QED) is 0.240. The van der Waals surface area contributed by atoms with E-state index in [0.717, 1.165) is 6.42 Å². The van der Waals surface area contributed by atoms with Crippen molar-refractivity contribution in [2.24, 2.45) is 0 Å². The third-order valence-corrected chi connectivity index (χ3v) is 5.17. The molecule has 0 heterocycles. The number of rotatable bonds is 15. The van der Waals surface area contributed by atoms with Crippen molar-refractivity contribution in [2.75, 3.05) is 18.5 Å². The fraction of sp³-hybridized carbons (Fsp3) is 1.00. The average Bonchev–Trinajstić information content (AvgIpc) is 2.38. The van der Waals surface area contributed by atoms with Gasteiger partial charge in [-0.3, -0.25) is 0 Å². The summed E-state index contributed by atoms with van der Waals surface area (Å²) >= 11 is 1.21. The van der Waals surface area contributed by atoms with Crippen LogP contribution in [0.5, 0.6) is 0 Å². The Bertz CT molecular complexity index is 200. The van der Waals surface area contributed by atoms with Crippen molar-refractivity contribution in [3.05, 3.63) is 0 Å².